The number of halogens is 1. The summed E-state index contributed by atoms with van der Waals surface area (Å²) in [4.78, 5) is 33.1. The number of ether oxygens (including phenoxy) is 3. The highest BCUT2D eigenvalue weighted by Crippen LogP contribution is 2.40. The molecule has 0 spiro atoms. The Hall–Kier alpha value is -3.43. The minimum atomic E-state index is -0.536. The normalized spacial score (nSPS) is 15.5. The fourth-order valence-corrected chi connectivity index (χ4v) is 4.69. The van der Waals surface area contributed by atoms with Gasteiger partial charge in [0.05, 0.1) is 24.4 Å². The number of hydrogen-bond donors (Lipinski definition) is 2. The van der Waals surface area contributed by atoms with E-state index in [0.717, 1.165) is 31.9 Å². The van der Waals surface area contributed by atoms with Crippen molar-refractivity contribution in [1.29, 1.82) is 0 Å². The van der Waals surface area contributed by atoms with Gasteiger partial charge in [-0.2, -0.15) is 0 Å². The van der Waals surface area contributed by atoms with E-state index in [4.69, 9.17) is 25.8 Å². The summed E-state index contributed by atoms with van der Waals surface area (Å²) in [5, 5.41) is 4.30. The number of fused-ring (bicyclic) bond motifs is 2. The number of H-pyrrole nitrogens is 1. The molecular formula is C25H27ClN4O5. The third-order valence-corrected chi connectivity index (χ3v) is 6.52. The first-order chi connectivity index (χ1) is 16.9. The Morgan fingerprint density at radius 2 is 1.86 bits per heavy atom. The molecule has 184 valence electrons. The van der Waals surface area contributed by atoms with Gasteiger partial charge >= 0.3 is 5.97 Å². The molecule has 0 bridgehead atoms. The Morgan fingerprint density at radius 1 is 1.11 bits per heavy atom. The number of rotatable bonds is 6. The van der Waals surface area contributed by atoms with Gasteiger partial charge in [0.2, 0.25) is 12.7 Å². The molecule has 3 heterocycles. The van der Waals surface area contributed by atoms with Crippen molar-refractivity contribution in [3.8, 4) is 11.5 Å². The van der Waals surface area contributed by atoms with Crippen molar-refractivity contribution in [2.75, 3.05) is 56.3 Å². The quantitative estimate of drug-likeness (QED) is 0.499. The van der Waals surface area contributed by atoms with Crippen molar-refractivity contribution in [3.63, 3.8) is 0 Å². The minimum Gasteiger partial charge on any atom is -0.461 e. The Morgan fingerprint density at radius 3 is 2.60 bits per heavy atom. The lowest BCUT2D eigenvalue weighted by Crippen LogP contribution is -2.48. The Balaban J connectivity index is 1.29. The molecule has 0 unspecified atom stereocenters. The van der Waals surface area contributed by atoms with Crippen LogP contribution in [0.1, 0.15) is 23.0 Å². The fraction of sp³-hybridized carbons (Fsp3) is 0.360. The molecular weight excluding hydrogens is 472 g/mol. The maximum absolute atomic E-state index is 13.0. The lowest BCUT2D eigenvalue weighted by Gasteiger charge is -2.36. The van der Waals surface area contributed by atoms with Crippen molar-refractivity contribution in [3.05, 3.63) is 46.6 Å². The first-order valence-corrected chi connectivity index (χ1v) is 12.0. The highest BCUT2D eigenvalue weighted by Gasteiger charge is 2.26. The van der Waals surface area contributed by atoms with E-state index in [-0.39, 0.29) is 31.5 Å². The van der Waals surface area contributed by atoms with Gasteiger partial charge in [-0.05, 0) is 37.6 Å². The highest BCUT2D eigenvalue weighted by molar-refractivity contribution is 6.30. The van der Waals surface area contributed by atoms with E-state index in [2.05, 4.69) is 27.0 Å². The highest BCUT2D eigenvalue weighted by atomic mass is 35.5. The number of carbonyl (C=O) groups is 2. The molecule has 1 amide bonds. The molecule has 0 aliphatic carbocycles. The zero-order valence-electron chi connectivity index (χ0n) is 19.7. The second kappa shape index (κ2) is 9.67. The van der Waals surface area contributed by atoms with Crippen LogP contribution in [-0.4, -0.2) is 67.9 Å². The Kier molecular flexibility index (Phi) is 6.44. The van der Waals surface area contributed by atoms with Crippen molar-refractivity contribution in [2.24, 2.45) is 0 Å². The standard InChI is InChI=1S/C25H27ClN4O5/c1-3-33-25(32)24-23(17-11-20-21(35-14-34-20)12-18(17)27-24)28-22(31)13-29-6-8-30(9-7-29)19-10-16(26)5-4-15(19)2/h4-5,10-12,27H,3,6-9,13-14H2,1-2H3,(H,28,31). The molecule has 5 rings (SSSR count). The molecule has 2 N–H and O–H groups in total. The van der Waals surface area contributed by atoms with Gasteiger partial charge in [0, 0.05) is 48.3 Å². The largest absolute Gasteiger partial charge is 0.461 e. The molecule has 2 aromatic carbocycles. The zero-order valence-corrected chi connectivity index (χ0v) is 20.4. The molecule has 0 radical (unpaired) electrons. The summed E-state index contributed by atoms with van der Waals surface area (Å²) in [5.74, 6) is 0.405. The zero-order chi connectivity index (χ0) is 24.5. The predicted octanol–water partition coefficient (Wildman–Crippen LogP) is 3.80. The molecule has 0 atom stereocenters. The van der Waals surface area contributed by atoms with Crippen LogP contribution in [0.5, 0.6) is 11.5 Å². The van der Waals surface area contributed by atoms with Gasteiger partial charge in [0.15, 0.2) is 11.5 Å². The van der Waals surface area contributed by atoms with Crippen LogP contribution in [0.2, 0.25) is 5.02 Å². The van der Waals surface area contributed by atoms with Crippen LogP contribution in [0.15, 0.2) is 30.3 Å². The average Bonchev–Trinajstić information content (AvgIpc) is 3.44. The number of benzene rings is 2. The number of aromatic amines is 1. The number of anilines is 2. The molecule has 3 aromatic rings. The van der Waals surface area contributed by atoms with Crippen LogP contribution in [0.3, 0.4) is 0 Å². The third-order valence-electron chi connectivity index (χ3n) is 6.29. The molecule has 1 saturated heterocycles. The lowest BCUT2D eigenvalue weighted by atomic mass is 10.1. The molecule has 35 heavy (non-hydrogen) atoms. The van der Waals surface area contributed by atoms with Gasteiger partial charge in [-0.15, -0.1) is 0 Å². The fourth-order valence-electron chi connectivity index (χ4n) is 4.52. The summed E-state index contributed by atoms with van der Waals surface area (Å²) in [6.07, 6.45) is 0. The molecule has 2 aliphatic heterocycles. The van der Waals surface area contributed by atoms with E-state index >= 15 is 0 Å². The number of amides is 1. The SMILES string of the molecule is CCOC(=O)c1[nH]c2cc3c(cc2c1NC(=O)CN1CCN(c2cc(Cl)ccc2C)CC1)OCO3. The molecule has 10 heteroatoms. The molecule has 1 aromatic heterocycles. The number of esters is 1. The topological polar surface area (TPSA) is 96.1 Å². The van der Waals surface area contributed by atoms with Crippen LogP contribution in [0.4, 0.5) is 11.4 Å². The van der Waals surface area contributed by atoms with E-state index in [9.17, 15) is 9.59 Å². The van der Waals surface area contributed by atoms with Gasteiger partial charge in [-0.3, -0.25) is 9.69 Å². The first-order valence-electron chi connectivity index (χ1n) is 11.6. The average molecular weight is 499 g/mol. The molecule has 0 saturated carbocycles. The minimum absolute atomic E-state index is 0.134. The van der Waals surface area contributed by atoms with E-state index in [1.54, 1.807) is 19.1 Å². The monoisotopic (exact) mass is 498 g/mol. The van der Waals surface area contributed by atoms with Gasteiger partial charge in [0.1, 0.15) is 5.69 Å². The molecule has 2 aliphatic rings. The van der Waals surface area contributed by atoms with Crippen LogP contribution in [-0.2, 0) is 9.53 Å². The van der Waals surface area contributed by atoms with Gasteiger partial charge in [0.25, 0.3) is 0 Å². The number of aryl methyl sites for hydroxylation is 1. The van der Waals surface area contributed by atoms with Crippen LogP contribution in [0, 0.1) is 6.92 Å². The van der Waals surface area contributed by atoms with Crippen LogP contribution < -0.4 is 19.7 Å². The van der Waals surface area contributed by atoms with Gasteiger partial charge in [-0.1, -0.05) is 17.7 Å². The number of hydrogen-bond acceptors (Lipinski definition) is 7. The summed E-state index contributed by atoms with van der Waals surface area (Å²) >= 11 is 6.19. The second-order valence-corrected chi connectivity index (χ2v) is 9.03. The van der Waals surface area contributed by atoms with Crippen molar-refractivity contribution in [2.45, 2.75) is 13.8 Å². The second-order valence-electron chi connectivity index (χ2n) is 8.59. The Bertz CT molecular complexity index is 1280. The molecule has 1 fully saturated rings. The summed E-state index contributed by atoms with van der Waals surface area (Å²) in [5.41, 5.74) is 3.53. The number of nitrogens with one attached hydrogen (secondary N) is 2. The maximum Gasteiger partial charge on any atom is 0.356 e. The van der Waals surface area contributed by atoms with Crippen molar-refractivity contribution >= 4 is 45.8 Å². The van der Waals surface area contributed by atoms with Crippen LogP contribution in [0.25, 0.3) is 10.9 Å². The van der Waals surface area contributed by atoms with Crippen molar-refractivity contribution in [1.82, 2.24) is 9.88 Å². The van der Waals surface area contributed by atoms with Gasteiger partial charge in [-0.25, -0.2) is 4.79 Å². The van der Waals surface area contributed by atoms with Crippen molar-refractivity contribution < 1.29 is 23.8 Å². The van der Waals surface area contributed by atoms with E-state index in [1.165, 1.54) is 5.56 Å². The molecule has 9 nitrogen and oxygen atoms in total. The summed E-state index contributed by atoms with van der Waals surface area (Å²) in [6.45, 7) is 7.42. The van der Waals surface area contributed by atoms with E-state index in [0.29, 0.717) is 33.1 Å². The van der Waals surface area contributed by atoms with E-state index < -0.39 is 5.97 Å². The summed E-state index contributed by atoms with van der Waals surface area (Å²) in [6, 6.07) is 9.42. The predicted molar refractivity (Wildman–Crippen MR) is 134 cm³/mol. The Labute approximate surface area is 207 Å². The summed E-state index contributed by atoms with van der Waals surface area (Å²) < 4.78 is 16.1. The van der Waals surface area contributed by atoms with E-state index in [1.807, 2.05) is 18.2 Å². The summed E-state index contributed by atoms with van der Waals surface area (Å²) in [7, 11) is 0. The number of aromatic nitrogens is 1. The van der Waals surface area contributed by atoms with Crippen LogP contribution >= 0.6 is 11.6 Å². The number of nitrogens with zero attached hydrogens (tertiary/aromatic N) is 2. The third kappa shape index (κ3) is 4.74. The van der Waals surface area contributed by atoms with Gasteiger partial charge < -0.3 is 29.4 Å². The maximum atomic E-state index is 13.0. The lowest BCUT2D eigenvalue weighted by molar-refractivity contribution is -0.117. The number of carbonyl (C=O) groups excluding carboxylic acids is 2. The number of piperazine rings is 1. The smallest absolute Gasteiger partial charge is 0.356 e. The first kappa shape index (κ1) is 23.3.